The number of benzene rings is 1. The number of ether oxygens (including phenoxy) is 1. The molecule has 2 N–H and O–H groups in total. The summed E-state index contributed by atoms with van der Waals surface area (Å²) >= 11 is 0. The Hall–Kier alpha value is -2.04. The van der Waals surface area contributed by atoms with Crippen LogP contribution < -0.4 is 10.6 Å². The molecule has 1 aromatic carbocycles. The third kappa shape index (κ3) is 3.51. The predicted molar refractivity (Wildman–Crippen MR) is 95.0 cm³/mol. The molecule has 1 aromatic rings. The van der Waals surface area contributed by atoms with E-state index in [-0.39, 0.29) is 17.9 Å². The fraction of sp³-hybridized carbons (Fsp3) is 0.600. The van der Waals surface area contributed by atoms with Crippen molar-refractivity contribution in [1.82, 2.24) is 5.32 Å². The highest BCUT2D eigenvalue weighted by atomic mass is 16.5. The van der Waals surface area contributed by atoms with E-state index in [0.717, 1.165) is 37.0 Å². The number of nitrogens with one attached hydrogen (secondary N) is 2. The van der Waals surface area contributed by atoms with Gasteiger partial charge in [-0.1, -0.05) is 18.2 Å². The van der Waals surface area contributed by atoms with E-state index < -0.39 is 6.09 Å². The Kier molecular flexibility index (Phi) is 4.40. The van der Waals surface area contributed by atoms with Gasteiger partial charge in [0.2, 0.25) is 5.91 Å². The van der Waals surface area contributed by atoms with Gasteiger partial charge in [0.25, 0.3) is 0 Å². The van der Waals surface area contributed by atoms with E-state index in [1.54, 1.807) is 12.1 Å². The van der Waals surface area contributed by atoms with Crippen LogP contribution >= 0.6 is 0 Å². The molecule has 25 heavy (non-hydrogen) atoms. The maximum atomic E-state index is 12.8. The number of carbonyl (C=O) groups excluding carboxylic acids is 2. The van der Waals surface area contributed by atoms with Gasteiger partial charge < -0.3 is 10.1 Å². The summed E-state index contributed by atoms with van der Waals surface area (Å²) in [6.07, 6.45) is 6.66. The molecule has 4 aliphatic rings. The zero-order valence-electron chi connectivity index (χ0n) is 14.5. The van der Waals surface area contributed by atoms with E-state index in [9.17, 15) is 9.59 Å². The van der Waals surface area contributed by atoms with Gasteiger partial charge in [-0.05, 0) is 68.4 Å². The topological polar surface area (TPSA) is 67.4 Å². The highest BCUT2D eigenvalue weighted by Gasteiger charge is 2.54. The number of para-hydroxylation sites is 1. The van der Waals surface area contributed by atoms with Crippen molar-refractivity contribution in [3.63, 3.8) is 0 Å². The van der Waals surface area contributed by atoms with Crippen molar-refractivity contribution in [2.75, 3.05) is 18.5 Å². The first-order chi connectivity index (χ1) is 12.1. The summed E-state index contributed by atoms with van der Waals surface area (Å²) in [5.74, 6) is 2.44. The monoisotopic (exact) mass is 342 g/mol. The Labute approximate surface area is 148 Å². The van der Waals surface area contributed by atoms with Gasteiger partial charge in [-0.2, -0.15) is 0 Å². The van der Waals surface area contributed by atoms with Crippen molar-refractivity contribution in [1.29, 1.82) is 0 Å². The molecule has 0 aliphatic heterocycles. The molecular weight excluding hydrogens is 316 g/mol. The van der Waals surface area contributed by atoms with E-state index in [4.69, 9.17) is 4.74 Å². The number of anilines is 1. The second-order valence-electron chi connectivity index (χ2n) is 8.08. The van der Waals surface area contributed by atoms with Crippen LogP contribution in [0.2, 0.25) is 0 Å². The van der Waals surface area contributed by atoms with Gasteiger partial charge in [0.15, 0.2) is 0 Å². The molecule has 0 unspecified atom stereocenters. The largest absolute Gasteiger partial charge is 0.447 e. The van der Waals surface area contributed by atoms with Crippen molar-refractivity contribution < 1.29 is 14.3 Å². The van der Waals surface area contributed by atoms with Gasteiger partial charge in [-0.3, -0.25) is 10.1 Å². The summed E-state index contributed by atoms with van der Waals surface area (Å²) in [7, 11) is 0. The summed E-state index contributed by atoms with van der Waals surface area (Å²) < 4.78 is 5.15. The highest BCUT2D eigenvalue weighted by Crippen LogP contribution is 2.60. The van der Waals surface area contributed by atoms with Crippen molar-refractivity contribution >= 4 is 17.7 Å². The molecule has 4 saturated carbocycles. The number of rotatable bonds is 5. The molecule has 0 aromatic heterocycles. The van der Waals surface area contributed by atoms with E-state index >= 15 is 0 Å². The van der Waals surface area contributed by atoms with Crippen LogP contribution in [-0.4, -0.2) is 25.2 Å². The Morgan fingerprint density at radius 3 is 2.20 bits per heavy atom. The number of carbonyl (C=O) groups is 2. The molecule has 0 heterocycles. The van der Waals surface area contributed by atoms with Gasteiger partial charge in [0.1, 0.15) is 6.61 Å². The minimum Gasteiger partial charge on any atom is -0.447 e. The summed E-state index contributed by atoms with van der Waals surface area (Å²) in [6.45, 7) is 0.569. The van der Waals surface area contributed by atoms with Crippen molar-refractivity contribution in [2.45, 2.75) is 38.5 Å². The molecule has 0 spiro atoms. The summed E-state index contributed by atoms with van der Waals surface area (Å²) in [4.78, 5) is 24.5. The van der Waals surface area contributed by atoms with Gasteiger partial charge in [0.05, 0.1) is 6.54 Å². The summed E-state index contributed by atoms with van der Waals surface area (Å²) in [6, 6.07) is 9.19. The average molecular weight is 342 g/mol. The predicted octanol–water partition coefficient (Wildman–Crippen LogP) is 3.57. The lowest BCUT2D eigenvalue weighted by Gasteiger charge is -2.55. The van der Waals surface area contributed by atoms with Gasteiger partial charge in [-0.25, -0.2) is 4.79 Å². The third-order valence-electron chi connectivity index (χ3n) is 6.16. The zero-order chi connectivity index (χ0) is 17.3. The second-order valence-corrected chi connectivity index (χ2v) is 8.08. The maximum Gasteiger partial charge on any atom is 0.411 e. The number of amides is 2. The number of hydrogen-bond donors (Lipinski definition) is 2. The minimum absolute atomic E-state index is 0.138. The van der Waals surface area contributed by atoms with Gasteiger partial charge >= 0.3 is 6.09 Å². The van der Waals surface area contributed by atoms with Crippen LogP contribution in [0.1, 0.15) is 38.5 Å². The molecule has 5 nitrogen and oxygen atoms in total. The first kappa shape index (κ1) is 16.4. The first-order valence-electron chi connectivity index (χ1n) is 9.40. The van der Waals surface area contributed by atoms with Crippen molar-refractivity contribution in [3.8, 4) is 0 Å². The normalized spacial score (nSPS) is 32.2. The molecule has 5 heteroatoms. The van der Waals surface area contributed by atoms with Crippen LogP contribution in [0.25, 0.3) is 0 Å². The highest BCUT2D eigenvalue weighted by molar-refractivity contribution is 5.85. The van der Waals surface area contributed by atoms with E-state index in [0.29, 0.717) is 12.2 Å². The van der Waals surface area contributed by atoms with E-state index in [2.05, 4.69) is 10.6 Å². The Bertz CT molecular complexity index is 608. The van der Waals surface area contributed by atoms with Crippen molar-refractivity contribution in [2.24, 2.45) is 23.2 Å². The molecule has 2 amide bonds. The summed E-state index contributed by atoms with van der Waals surface area (Å²) in [5.41, 5.74) is 0.561. The number of hydrogen-bond acceptors (Lipinski definition) is 3. The standard InChI is InChI=1S/C20H26N2O3/c23-18(20-11-14-8-15(12-20)10-16(9-14)13-20)21-6-7-25-19(24)22-17-4-2-1-3-5-17/h1-5,14-16H,6-13H2,(H,21,23)(H,22,24). The zero-order valence-corrected chi connectivity index (χ0v) is 14.5. The average Bonchev–Trinajstić information content (AvgIpc) is 2.58. The lowest BCUT2D eigenvalue weighted by Crippen LogP contribution is -2.54. The molecule has 4 aliphatic carbocycles. The van der Waals surface area contributed by atoms with E-state index in [1.807, 2.05) is 18.2 Å². The van der Waals surface area contributed by atoms with Crippen LogP contribution in [0.3, 0.4) is 0 Å². The lowest BCUT2D eigenvalue weighted by molar-refractivity contribution is -0.146. The fourth-order valence-corrected chi connectivity index (χ4v) is 5.56. The molecule has 5 rings (SSSR count). The molecule has 0 saturated heterocycles. The Balaban J connectivity index is 1.21. The fourth-order valence-electron chi connectivity index (χ4n) is 5.56. The van der Waals surface area contributed by atoms with Gasteiger partial charge in [-0.15, -0.1) is 0 Å². The molecule has 4 fully saturated rings. The minimum atomic E-state index is -0.491. The molecule has 0 atom stereocenters. The van der Waals surface area contributed by atoms with Crippen LogP contribution in [0, 0.1) is 23.2 Å². The van der Waals surface area contributed by atoms with Crippen LogP contribution in [0.4, 0.5) is 10.5 Å². The maximum absolute atomic E-state index is 12.8. The second kappa shape index (κ2) is 6.70. The van der Waals surface area contributed by atoms with Crippen LogP contribution in [-0.2, 0) is 9.53 Å². The first-order valence-corrected chi connectivity index (χ1v) is 9.40. The van der Waals surface area contributed by atoms with Gasteiger partial charge in [0, 0.05) is 11.1 Å². The molecule has 0 radical (unpaired) electrons. The van der Waals surface area contributed by atoms with Crippen LogP contribution in [0.5, 0.6) is 0 Å². The van der Waals surface area contributed by atoms with Crippen molar-refractivity contribution in [3.05, 3.63) is 30.3 Å². The Morgan fingerprint density at radius 1 is 1.00 bits per heavy atom. The molecule has 134 valence electrons. The summed E-state index contributed by atoms with van der Waals surface area (Å²) in [5, 5.41) is 5.68. The molecule has 4 bridgehead atoms. The third-order valence-corrected chi connectivity index (χ3v) is 6.16. The smallest absolute Gasteiger partial charge is 0.411 e. The molecular formula is C20H26N2O3. The quantitative estimate of drug-likeness (QED) is 0.804. The van der Waals surface area contributed by atoms with Crippen LogP contribution in [0.15, 0.2) is 30.3 Å². The Morgan fingerprint density at radius 2 is 1.60 bits per heavy atom. The lowest BCUT2D eigenvalue weighted by atomic mass is 9.49. The SMILES string of the molecule is O=C(Nc1ccccc1)OCCNC(=O)C12CC3CC(CC(C3)C1)C2. The van der Waals surface area contributed by atoms with E-state index in [1.165, 1.54) is 19.3 Å².